The molecule has 0 unspecified atom stereocenters. The Balaban J connectivity index is 1.71. The van der Waals surface area contributed by atoms with Crippen molar-refractivity contribution in [1.82, 2.24) is 0 Å². The molecule has 1 aliphatic rings. The van der Waals surface area contributed by atoms with Gasteiger partial charge in [0.15, 0.2) is 0 Å². The number of anilines is 1. The summed E-state index contributed by atoms with van der Waals surface area (Å²) < 4.78 is 5.42. The molecular weight excluding hydrogens is 404 g/mol. The van der Waals surface area contributed by atoms with Crippen molar-refractivity contribution in [3.05, 3.63) is 101 Å². The fourth-order valence-corrected chi connectivity index (χ4v) is 3.49. The number of benzene rings is 3. The molecule has 160 valence electrons. The number of fused-ring (bicyclic) bond motifs is 1. The van der Waals surface area contributed by atoms with E-state index in [4.69, 9.17) is 4.74 Å². The first-order valence-corrected chi connectivity index (χ1v) is 10.3. The van der Waals surface area contributed by atoms with Crippen LogP contribution >= 0.6 is 0 Å². The third kappa shape index (κ3) is 4.30. The Morgan fingerprint density at radius 3 is 2.28 bits per heavy atom. The van der Waals surface area contributed by atoms with Gasteiger partial charge < -0.3 is 15.2 Å². The molecule has 0 aromatic heterocycles. The second-order valence-electron chi connectivity index (χ2n) is 7.16. The van der Waals surface area contributed by atoms with Crippen molar-refractivity contribution in [3.8, 4) is 5.75 Å². The summed E-state index contributed by atoms with van der Waals surface area (Å²) >= 11 is 0. The number of aliphatic hydroxyl groups excluding tert-OH is 1. The Bertz CT molecular complexity index is 1210. The SMILES string of the molecule is CCOc1ccc(NC(=O)C2=C(O)c3ccccc3C(=O)C2=NCc2ccccc2)cc1. The van der Waals surface area contributed by atoms with Gasteiger partial charge in [-0.15, -0.1) is 0 Å². The quantitative estimate of drug-likeness (QED) is 0.591. The van der Waals surface area contributed by atoms with Gasteiger partial charge in [0.1, 0.15) is 22.8 Å². The third-order valence-electron chi connectivity index (χ3n) is 5.03. The van der Waals surface area contributed by atoms with E-state index >= 15 is 0 Å². The van der Waals surface area contributed by atoms with Crippen LogP contribution in [0.4, 0.5) is 5.69 Å². The number of carbonyl (C=O) groups excluding carboxylic acids is 2. The van der Waals surface area contributed by atoms with E-state index in [2.05, 4.69) is 10.3 Å². The maximum absolute atomic E-state index is 13.2. The van der Waals surface area contributed by atoms with Crippen molar-refractivity contribution in [2.45, 2.75) is 13.5 Å². The van der Waals surface area contributed by atoms with Gasteiger partial charge in [-0.25, -0.2) is 0 Å². The lowest BCUT2D eigenvalue weighted by Crippen LogP contribution is -2.31. The maximum atomic E-state index is 13.2. The van der Waals surface area contributed by atoms with Crippen LogP contribution in [-0.2, 0) is 11.3 Å². The molecule has 0 saturated carbocycles. The van der Waals surface area contributed by atoms with Gasteiger partial charge in [0.2, 0.25) is 5.78 Å². The number of aliphatic imine (C=N–C) groups is 1. The zero-order valence-corrected chi connectivity index (χ0v) is 17.5. The van der Waals surface area contributed by atoms with Crippen LogP contribution in [0.3, 0.4) is 0 Å². The first-order valence-electron chi connectivity index (χ1n) is 10.3. The number of Topliss-reactive ketones (excluding diaryl/α,β-unsaturated/α-hetero) is 1. The summed E-state index contributed by atoms with van der Waals surface area (Å²) in [7, 11) is 0. The number of ether oxygens (including phenoxy) is 1. The molecule has 0 atom stereocenters. The lowest BCUT2D eigenvalue weighted by molar-refractivity contribution is -0.112. The summed E-state index contributed by atoms with van der Waals surface area (Å²) in [4.78, 5) is 30.8. The van der Waals surface area contributed by atoms with E-state index in [1.165, 1.54) is 0 Å². The summed E-state index contributed by atoms with van der Waals surface area (Å²) in [6, 6.07) is 22.9. The molecule has 0 fully saturated rings. The average Bonchev–Trinajstić information content (AvgIpc) is 2.82. The van der Waals surface area contributed by atoms with Crippen LogP contribution in [0.2, 0.25) is 0 Å². The van der Waals surface area contributed by atoms with E-state index in [0.717, 1.165) is 5.56 Å². The third-order valence-corrected chi connectivity index (χ3v) is 5.03. The van der Waals surface area contributed by atoms with Crippen LogP contribution in [0, 0.1) is 0 Å². The number of hydrogen-bond acceptors (Lipinski definition) is 5. The van der Waals surface area contributed by atoms with E-state index in [0.29, 0.717) is 29.2 Å². The van der Waals surface area contributed by atoms with Gasteiger partial charge in [-0.3, -0.25) is 14.6 Å². The lowest BCUT2D eigenvalue weighted by Gasteiger charge is -2.20. The monoisotopic (exact) mass is 426 g/mol. The summed E-state index contributed by atoms with van der Waals surface area (Å²) in [5.41, 5.74) is 1.82. The van der Waals surface area contributed by atoms with Crippen LogP contribution in [0.1, 0.15) is 28.4 Å². The van der Waals surface area contributed by atoms with E-state index in [1.807, 2.05) is 37.3 Å². The van der Waals surface area contributed by atoms with E-state index < -0.39 is 11.7 Å². The van der Waals surface area contributed by atoms with Crippen molar-refractivity contribution in [2.24, 2.45) is 4.99 Å². The molecule has 3 aromatic carbocycles. The minimum absolute atomic E-state index is 0.0616. The zero-order valence-electron chi connectivity index (χ0n) is 17.5. The zero-order chi connectivity index (χ0) is 22.5. The molecule has 0 bridgehead atoms. The number of amides is 1. The number of aliphatic hydroxyl groups is 1. The Morgan fingerprint density at radius 1 is 0.938 bits per heavy atom. The van der Waals surface area contributed by atoms with Gasteiger partial charge in [0, 0.05) is 16.8 Å². The first-order chi connectivity index (χ1) is 15.6. The summed E-state index contributed by atoms with van der Waals surface area (Å²) in [5.74, 6) is -0.595. The fourth-order valence-electron chi connectivity index (χ4n) is 3.49. The molecule has 3 aromatic rings. The van der Waals surface area contributed by atoms with Gasteiger partial charge in [-0.1, -0.05) is 54.6 Å². The maximum Gasteiger partial charge on any atom is 0.261 e. The minimum Gasteiger partial charge on any atom is -0.506 e. The van der Waals surface area contributed by atoms with Crippen LogP contribution in [-0.4, -0.2) is 29.1 Å². The van der Waals surface area contributed by atoms with Gasteiger partial charge in [-0.2, -0.15) is 0 Å². The van der Waals surface area contributed by atoms with E-state index in [1.54, 1.807) is 48.5 Å². The van der Waals surface area contributed by atoms with E-state index in [-0.39, 0.29) is 23.6 Å². The molecule has 0 radical (unpaired) electrons. The van der Waals surface area contributed by atoms with Crippen molar-refractivity contribution in [1.29, 1.82) is 0 Å². The highest BCUT2D eigenvalue weighted by molar-refractivity contribution is 6.59. The second kappa shape index (κ2) is 9.31. The van der Waals surface area contributed by atoms with Crippen molar-refractivity contribution in [2.75, 3.05) is 11.9 Å². The fraction of sp³-hybridized carbons (Fsp3) is 0.115. The summed E-state index contributed by atoms with van der Waals surface area (Å²) in [6.45, 7) is 2.63. The highest BCUT2D eigenvalue weighted by Crippen LogP contribution is 2.29. The lowest BCUT2D eigenvalue weighted by atomic mass is 9.87. The van der Waals surface area contributed by atoms with Gasteiger partial charge in [-0.05, 0) is 36.8 Å². The minimum atomic E-state index is -0.610. The van der Waals surface area contributed by atoms with Crippen LogP contribution < -0.4 is 10.1 Å². The summed E-state index contributed by atoms with van der Waals surface area (Å²) in [5, 5.41) is 13.7. The van der Waals surface area contributed by atoms with Crippen LogP contribution in [0.25, 0.3) is 5.76 Å². The molecule has 4 rings (SSSR count). The number of ketones is 1. The molecule has 0 aliphatic heterocycles. The standard InChI is InChI=1S/C26H22N2O4/c1-2-32-19-14-12-18(13-15-19)28-26(31)22-23(27-16-17-8-4-3-5-9-17)25(30)21-11-7-6-10-20(21)24(22)29/h3-15,29H,2,16H2,1H3,(H,28,31). The van der Waals surface area contributed by atoms with Crippen LogP contribution in [0.5, 0.6) is 5.75 Å². The largest absolute Gasteiger partial charge is 0.506 e. The number of nitrogens with one attached hydrogen (secondary N) is 1. The predicted molar refractivity (Wildman–Crippen MR) is 124 cm³/mol. The predicted octanol–water partition coefficient (Wildman–Crippen LogP) is 4.83. The Labute approximate surface area is 185 Å². The molecule has 6 heteroatoms. The van der Waals surface area contributed by atoms with Crippen LogP contribution in [0.15, 0.2) is 89.4 Å². The molecule has 1 aliphatic carbocycles. The van der Waals surface area contributed by atoms with E-state index in [9.17, 15) is 14.7 Å². The normalized spacial score (nSPS) is 14.3. The van der Waals surface area contributed by atoms with Gasteiger partial charge in [0.05, 0.1) is 13.2 Å². The van der Waals surface area contributed by atoms with Gasteiger partial charge in [0.25, 0.3) is 5.91 Å². The Hall–Kier alpha value is -4.19. The molecular formula is C26H22N2O4. The number of carbonyl (C=O) groups is 2. The van der Waals surface area contributed by atoms with Crippen molar-refractivity contribution in [3.63, 3.8) is 0 Å². The Morgan fingerprint density at radius 2 is 1.59 bits per heavy atom. The molecule has 2 N–H and O–H groups in total. The van der Waals surface area contributed by atoms with Gasteiger partial charge >= 0.3 is 0 Å². The molecule has 0 heterocycles. The highest BCUT2D eigenvalue weighted by atomic mass is 16.5. The molecule has 1 amide bonds. The average molecular weight is 426 g/mol. The molecule has 0 saturated heterocycles. The highest BCUT2D eigenvalue weighted by Gasteiger charge is 2.34. The van der Waals surface area contributed by atoms with Crippen molar-refractivity contribution < 1.29 is 19.4 Å². The molecule has 6 nitrogen and oxygen atoms in total. The summed E-state index contributed by atoms with van der Waals surface area (Å²) in [6.07, 6.45) is 0. The smallest absolute Gasteiger partial charge is 0.261 e. The number of rotatable bonds is 6. The number of hydrogen-bond donors (Lipinski definition) is 2. The molecule has 0 spiro atoms. The molecule has 32 heavy (non-hydrogen) atoms. The first kappa shape index (κ1) is 21.1. The Kier molecular flexibility index (Phi) is 6.12. The topological polar surface area (TPSA) is 88.0 Å². The second-order valence-corrected chi connectivity index (χ2v) is 7.16. The van der Waals surface area contributed by atoms with Crippen molar-refractivity contribution >= 4 is 28.8 Å². The number of nitrogens with zero attached hydrogens (tertiary/aromatic N) is 1.